The Morgan fingerprint density at radius 3 is 2.90 bits per heavy atom. The topological polar surface area (TPSA) is 81.6 Å². The third-order valence-electron chi connectivity index (χ3n) is 3.77. The van der Waals surface area contributed by atoms with Crippen LogP contribution in [-0.2, 0) is 0 Å². The van der Waals surface area contributed by atoms with Crippen LogP contribution in [0.3, 0.4) is 0 Å². The standard InChI is InChI=1S/C14H21N3O3/c1-3-20-13-6-4-5-12(14(13)17(18)19)16-8-7-11(9-16)10(2)15/h4-6,10-11H,3,7-9,15H2,1-2H3. The van der Waals surface area contributed by atoms with E-state index in [2.05, 4.69) is 0 Å². The molecule has 6 heteroatoms. The van der Waals surface area contributed by atoms with Gasteiger partial charge in [-0.1, -0.05) is 6.07 Å². The van der Waals surface area contributed by atoms with E-state index >= 15 is 0 Å². The lowest BCUT2D eigenvalue weighted by molar-refractivity contribution is -0.385. The molecule has 1 aromatic carbocycles. The maximum absolute atomic E-state index is 11.4. The van der Waals surface area contributed by atoms with Crippen LogP contribution in [-0.4, -0.2) is 30.7 Å². The summed E-state index contributed by atoms with van der Waals surface area (Å²) in [6, 6.07) is 5.33. The van der Waals surface area contributed by atoms with E-state index in [0.29, 0.717) is 24.0 Å². The van der Waals surface area contributed by atoms with Gasteiger partial charge in [-0.05, 0) is 38.3 Å². The summed E-state index contributed by atoms with van der Waals surface area (Å²) in [7, 11) is 0. The molecule has 1 fully saturated rings. The third-order valence-corrected chi connectivity index (χ3v) is 3.77. The summed E-state index contributed by atoms with van der Waals surface area (Å²) in [5, 5.41) is 11.4. The Kier molecular flexibility index (Phi) is 4.44. The van der Waals surface area contributed by atoms with Crippen molar-refractivity contribution in [3.05, 3.63) is 28.3 Å². The third kappa shape index (κ3) is 2.85. The van der Waals surface area contributed by atoms with Crippen LogP contribution in [0.5, 0.6) is 5.75 Å². The second-order valence-electron chi connectivity index (χ2n) is 5.17. The normalized spacial score (nSPS) is 19.9. The number of nitrogens with zero attached hydrogens (tertiary/aromatic N) is 2. The first-order valence-corrected chi connectivity index (χ1v) is 6.95. The van der Waals surface area contributed by atoms with E-state index in [1.807, 2.05) is 18.7 Å². The van der Waals surface area contributed by atoms with Crippen LogP contribution in [0.15, 0.2) is 18.2 Å². The van der Waals surface area contributed by atoms with Crippen LogP contribution < -0.4 is 15.4 Å². The monoisotopic (exact) mass is 279 g/mol. The minimum atomic E-state index is -0.362. The van der Waals surface area contributed by atoms with Gasteiger partial charge in [0.15, 0.2) is 5.75 Å². The predicted molar refractivity (Wildman–Crippen MR) is 78.2 cm³/mol. The average Bonchev–Trinajstić information content (AvgIpc) is 2.88. The fraction of sp³-hybridized carbons (Fsp3) is 0.571. The van der Waals surface area contributed by atoms with E-state index in [1.54, 1.807) is 18.2 Å². The van der Waals surface area contributed by atoms with Crippen LogP contribution in [0, 0.1) is 16.0 Å². The fourth-order valence-electron chi connectivity index (χ4n) is 2.66. The van der Waals surface area contributed by atoms with Gasteiger partial charge in [-0.3, -0.25) is 10.1 Å². The van der Waals surface area contributed by atoms with Gasteiger partial charge in [-0.2, -0.15) is 0 Å². The van der Waals surface area contributed by atoms with E-state index in [-0.39, 0.29) is 16.7 Å². The number of ether oxygens (including phenoxy) is 1. The van der Waals surface area contributed by atoms with Crippen LogP contribution in [0.4, 0.5) is 11.4 Å². The lowest BCUT2D eigenvalue weighted by atomic mass is 10.0. The van der Waals surface area contributed by atoms with Crippen LogP contribution >= 0.6 is 0 Å². The lowest BCUT2D eigenvalue weighted by Gasteiger charge is -2.20. The summed E-state index contributed by atoms with van der Waals surface area (Å²) in [5.74, 6) is 0.713. The SMILES string of the molecule is CCOc1cccc(N2CCC(C(C)N)C2)c1[N+](=O)[O-]. The van der Waals surface area contributed by atoms with Crippen molar-refractivity contribution in [3.63, 3.8) is 0 Å². The lowest BCUT2D eigenvalue weighted by Crippen LogP contribution is -2.29. The fourth-order valence-corrected chi connectivity index (χ4v) is 2.66. The van der Waals surface area contributed by atoms with Crippen molar-refractivity contribution in [2.24, 2.45) is 11.7 Å². The minimum Gasteiger partial charge on any atom is -0.487 e. The van der Waals surface area contributed by atoms with Crippen molar-refractivity contribution in [1.29, 1.82) is 0 Å². The number of nitrogens with two attached hydrogens (primary N) is 1. The molecule has 1 heterocycles. The molecule has 0 spiro atoms. The maximum Gasteiger partial charge on any atom is 0.333 e. The molecule has 2 N–H and O–H groups in total. The summed E-state index contributed by atoms with van der Waals surface area (Å²) in [5.41, 5.74) is 6.61. The molecule has 2 unspecified atom stereocenters. The smallest absolute Gasteiger partial charge is 0.333 e. The van der Waals surface area contributed by atoms with Gasteiger partial charge in [0, 0.05) is 19.1 Å². The van der Waals surface area contributed by atoms with E-state index < -0.39 is 0 Å². The predicted octanol–water partition coefficient (Wildman–Crippen LogP) is 2.17. The number of hydrogen-bond acceptors (Lipinski definition) is 5. The Morgan fingerprint density at radius 1 is 1.60 bits per heavy atom. The minimum absolute atomic E-state index is 0.0553. The Hall–Kier alpha value is -1.82. The number of para-hydroxylation sites is 1. The molecule has 110 valence electrons. The number of benzene rings is 1. The van der Waals surface area contributed by atoms with Crippen LogP contribution in [0.2, 0.25) is 0 Å². The first-order valence-electron chi connectivity index (χ1n) is 6.95. The largest absolute Gasteiger partial charge is 0.487 e. The Labute approximate surface area is 118 Å². The van der Waals surface area contributed by atoms with Gasteiger partial charge in [-0.15, -0.1) is 0 Å². The molecule has 1 aromatic rings. The van der Waals surface area contributed by atoms with Crippen molar-refractivity contribution in [1.82, 2.24) is 0 Å². The van der Waals surface area contributed by atoms with Gasteiger partial charge in [0.25, 0.3) is 0 Å². The molecular formula is C14H21N3O3. The molecule has 0 aliphatic carbocycles. The molecule has 6 nitrogen and oxygen atoms in total. The Bertz CT molecular complexity index is 491. The molecular weight excluding hydrogens is 258 g/mol. The number of nitro groups is 1. The number of rotatable bonds is 5. The summed E-state index contributed by atoms with van der Waals surface area (Å²) in [6.45, 7) is 5.76. The van der Waals surface area contributed by atoms with Gasteiger partial charge < -0.3 is 15.4 Å². The molecule has 0 saturated carbocycles. The highest BCUT2D eigenvalue weighted by Crippen LogP contribution is 2.39. The molecule has 0 bridgehead atoms. The first kappa shape index (κ1) is 14.6. The molecule has 1 saturated heterocycles. The number of hydrogen-bond donors (Lipinski definition) is 1. The average molecular weight is 279 g/mol. The van der Waals surface area contributed by atoms with Crippen molar-refractivity contribution in [2.45, 2.75) is 26.3 Å². The van der Waals surface area contributed by atoms with Gasteiger partial charge in [0.1, 0.15) is 5.69 Å². The molecule has 2 rings (SSSR count). The highest BCUT2D eigenvalue weighted by molar-refractivity contribution is 5.70. The number of nitro benzene ring substituents is 1. The van der Waals surface area contributed by atoms with Crippen LogP contribution in [0.25, 0.3) is 0 Å². The first-order chi connectivity index (χ1) is 9.54. The molecule has 1 aliphatic heterocycles. The van der Waals surface area contributed by atoms with Gasteiger partial charge in [0.05, 0.1) is 11.5 Å². The quantitative estimate of drug-likeness (QED) is 0.660. The molecule has 0 aromatic heterocycles. The van der Waals surface area contributed by atoms with Crippen molar-refractivity contribution in [2.75, 3.05) is 24.6 Å². The van der Waals surface area contributed by atoms with E-state index in [4.69, 9.17) is 10.5 Å². The maximum atomic E-state index is 11.4. The van der Waals surface area contributed by atoms with E-state index in [9.17, 15) is 10.1 Å². The second-order valence-corrected chi connectivity index (χ2v) is 5.17. The zero-order chi connectivity index (χ0) is 14.7. The molecule has 20 heavy (non-hydrogen) atoms. The summed E-state index contributed by atoms with van der Waals surface area (Å²) in [4.78, 5) is 13.0. The highest BCUT2D eigenvalue weighted by Gasteiger charge is 2.31. The zero-order valence-corrected chi connectivity index (χ0v) is 11.9. The van der Waals surface area contributed by atoms with Crippen molar-refractivity contribution in [3.8, 4) is 5.75 Å². The van der Waals surface area contributed by atoms with Gasteiger partial charge >= 0.3 is 5.69 Å². The second kappa shape index (κ2) is 6.09. The Morgan fingerprint density at radius 2 is 2.35 bits per heavy atom. The summed E-state index contributed by atoms with van der Waals surface area (Å²) in [6.07, 6.45) is 0.966. The number of anilines is 1. The summed E-state index contributed by atoms with van der Waals surface area (Å²) < 4.78 is 5.38. The van der Waals surface area contributed by atoms with E-state index in [0.717, 1.165) is 19.5 Å². The Balaban J connectivity index is 2.32. The van der Waals surface area contributed by atoms with Crippen LogP contribution in [0.1, 0.15) is 20.3 Å². The van der Waals surface area contributed by atoms with Crippen molar-refractivity contribution < 1.29 is 9.66 Å². The van der Waals surface area contributed by atoms with Gasteiger partial charge in [-0.25, -0.2) is 0 Å². The molecule has 0 amide bonds. The molecule has 2 atom stereocenters. The molecule has 0 radical (unpaired) electrons. The summed E-state index contributed by atoms with van der Waals surface area (Å²) >= 11 is 0. The molecule has 1 aliphatic rings. The van der Waals surface area contributed by atoms with Crippen molar-refractivity contribution >= 4 is 11.4 Å². The highest BCUT2D eigenvalue weighted by atomic mass is 16.6. The van der Waals surface area contributed by atoms with Gasteiger partial charge in [0.2, 0.25) is 0 Å². The van der Waals surface area contributed by atoms with E-state index in [1.165, 1.54) is 0 Å². The zero-order valence-electron chi connectivity index (χ0n) is 11.9.